The lowest BCUT2D eigenvalue weighted by molar-refractivity contribution is -0.119. The first-order valence-corrected chi connectivity index (χ1v) is 6.53. The van der Waals surface area contributed by atoms with Crippen LogP contribution in [0.15, 0.2) is 12.3 Å². The average molecular weight is 280 g/mol. The number of fused-ring (bicyclic) bond motifs is 1. The summed E-state index contributed by atoms with van der Waals surface area (Å²) in [6.07, 6.45) is 2.56. The van der Waals surface area contributed by atoms with E-state index in [-0.39, 0.29) is 11.9 Å². The number of anilines is 1. The second-order valence-electron chi connectivity index (χ2n) is 4.70. The summed E-state index contributed by atoms with van der Waals surface area (Å²) in [6, 6.07) is 1.92. The number of hydrogen-bond donors (Lipinski definition) is 2. The molecule has 0 spiro atoms. The van der Waals surface area contributed by atoms with Crippen molar-refractivity contribution in [3.05, 3.63) is 17.3 Å². The van der Waals surface area contributed by atoms with Gasteiger partial charge < -0.3 is 10.2 Å². The minimum absolute atomic E-state index is 0.00145. The van der Waals surface area contributed by atoms with Crippen LogP contribution in [-0.4, -0.2) is 40.2 Å². The minimum Gasteiger partial charge on any atom is -0.352 e. The van der Waals surface area contributed by atoms with Gasteiger partial charge in [-0.05, 0) is 12.5 Å². The van der Waals surface area contributed by atoms with E-state index in [1.54, 1.807) is 12.3 Å². The van der Waals surface area contributed by atoms with Crippen molar-refractivity contribution in [3.63, 3.8) is 0 Å². The Morgan fingerprint density at radius 2 is 2.47 bits per heavy atom. The third-order valence-electron chi connectivity index (χ3n) is 3.29. The molecule has 0 aromatic carbocycles. The lowest BCUT2D eigenvalue weighted by atomic mass is 10.2. The summed E-state index contributed by atoms with van der Waals surface area (Å²) >= 11 is 6.21. The Kier molecular flexibility index (Phi) is 3.02. The Morgan fingerprint density at radius 1 is 1.63 bits per heavy atom. The van der Waals surface area contributed by atoms with E-state index < -0.39 is 0 Å². The van der Waals surface area contributed by atoms with Crippen LogP contribution < -0.4 is 10.2 Å². The summed E-state index contributed by atoms with van der Waals surface area (Å²) in [5.74, 6) is 0.805. The first kappa shape index (κ1) is 12.2. The van der Waals surface area contributed by atoms with Gasteiger partial charge in [-0.1, -0.05) is 11.6 Å². The number of halogens is 1. The number of aromatic nitrogens is 3. The monoisotopic (exact) mass is 279 g/mol. The zero-order valence-electron chi connectivity index (χ0n) is 10.5. The van der Waals surface area contributed by atoms with E-state index in [0.717, 1.165) is 30.7 Å². The number of nitrogens with zero attached hydrogens (tertiary/aromatic N) is 3. The quantitative estimate of drug-likeness (QED) is 0.870. The Balaban J connectivity index is 1.88. The van der Waals surface area contributed by atoms with Crippen LogP contribution in [0.25, 0.3) is 11.0 Å². The SMILES string of the molecule is CC(=O)N[C@@H]1CCN(c2n[nH]c3nccc(Cl)c23)C1. The minimum atomic E-state index is -0.00145. The van der Waals surface area contributed by atoms with Gasteiger partial charge in [0.05, 0.1) is 10.4 Å². The summed E-state index contributed by atoms with van der Waals surface area (Å²) in [5, 5.41) is 11.6. The van der Waals surface area contributed by atoms with E-state index >= 15 is 0 Å². The van der Waals surface area contributed by atoms with Crippen molar-refractivity contribution < 1.29 is 4.79 Å². The van der Waals surface area contributed by atoms with Crippen molar-refractivity contribution in [2.45, 2.75) is 19.4 Å². The Hall–Kier alpha value is -1.82. The van der Waals surface area contributed by atoms with E-state index in [4.69, 9.17) is 11.6 Å². The lowest BCUT2D eigenvalue weighted by Crippen LogP contribution is -2.35. The third kappa shape index (κ3) is 2.23. The topological polar surface area (TPSA) is 73.9 Å². The van der Waals surface area contributed by atoms with Crippen molar-refractivity contribution in [1.29, 1.82) is 0 Å². The second-order valence-corrected chi connectivity index (χ2v) is 5.10. The molecule has 3 rings (SSSR count). The standard InChI is InChI=1S/C12H14ClN5O/c1-7(19)15-8-3-5-18(6-8)12-10-9(13)2-4-14-11(10)16-17-12/h2,4,8H,3,5-6H2,1H3,(H,15,19)(H,14,16,17)/t8-/m1/s1. The molecule has 1 aliphatic rings. The molecular weight excluding hydrogens is 266 g/mol. The lowest BCUT2D eigenvalue weighted by Gasteiger charge is -2.16. The van der Waals surface area contributed by atoms with Gasteiger partial charge in [-0.2, -0.15) is 5.10 Å². The van der Waals surface area contributed by atoms with Crippen molar-refractivity contribution in [2.75, 3.05) is 18.0 Å². The first-order valence-electron chi connectivity index (χ1n) is 6.16. The van der Waals surface area contributed by atoms with Crippen LogP contribution in [0.5, 0.6) is 0 Å². The van der Waals surface area contributed by atoms with Gasteiger partial charge in [-0.15, -0.1) is 0 Å². The van der Waals surface area contributed by atoms with Gasteiger partial charge in [-0.3, -0.25) is 9.89 Å². The van der Waals surface area contributed by atoms with Gasteiger partial charge in [0.2, 0.25) is 5.91 Å². The molecule has 0 radical (unpaired) electrons. The van der Waals surface area contributed by atoms with Crippen LogP contribution in [0.1, 0.15) is 13.3 Å². The number of aromatic amines is 1. The molecular formula is C12H14ClN5O. The summed E-state index contributed by atoms with van der Waals surface area (Å²) in [4.78, 5) is 17.4. The molecule has 1 amide bonds. The van der Waals surface area contributed by atoms with Crippen LogP contribution in [-0.2, 0) is 4.79 Å². The number of H-pyrrole nitrogens is 1. The molecule has 1 fully saturated rings. The van der Waals surface area contributed by atoms with E-state index in [2.05, 4.69) is 25.4 Å². The predicted octanol–water partition coefficient (Wildman–Crippen LogP) is 1.33. The van der Waals surface area contributed by atoms with Crippen molar-refractivity contribution in [3.8, 4) is 0 Å². The van der Waals surface area contributed by atoms with Crippen molar-refractivity contribution >= 4 is 34.4 Å². The molecule has 0 saturated carbocycles. The van der Waals surface area contributed by atoms with Crippen LogP contribution in [0.4, 0.5) is 5.82 Å². The van der Waals surface area contributed by atoms with Gasteiger partial charge in [0, 0.05) is 32.3 Å². The molecule has 1 atom stereocenters. The molecule has 2 aromatic rings. The van der Waals surface area contributed by atoms with Gasteiger partial charge in [0.1, 0.15) is 0 Å². The highest BCUT2D eigenvalue weighted by Crippen LogP contribution is 2.31. The Labute approximate surface area is 115 Å². The van der Waals surface area contributed by atoms with Crippen LogP contribution in [0.2, 0.25) is 5.02 Å². The van der Waals surface area contributed by atoms with Gasteiger partial charge >= 0.3 is 0 Å². The normalized spacial score (nSPS) is 19.1. The molecule has 1 saturated heterocycles. The molecule has 1 aliphatic heterocycles. The summed E-state index contributed by atoms with van der Waals surface area (Å²) in [7, 11) is 0. The van der Waals surface area contributed by atoms with E-state index in [1.165, 1.54) is 6.92 Å². The zero-order valence-corrected chi connectivity index (χ0v) is 11.2. The molecule has 0 bridgehead atoms. The molecule has 3 heterocycles. The fourth-order valence-corrected chi connectivity index (χ4v) is 2.71. The number of amides is 1. The maximum absolute atomic E-state index is 11.1. The average Bonchev–Trinajstić information content (AvgIpc) is 2.95. The molecule has 19 heavy (non-hydrogen) atoms. The van der Waals surface area contributed by atoms with Gasteiger partial charge in [0.15, 0.2) is 11.5 Å². The third-order valence-corrected chi connectivity index (χ3v) is 3.60. The van der Waals surface area contributed by atoms with Crippen LogP contribution in [0, 0.1) is 0 Å². The van der Waals surface area contributed by atoms with Gasteiger partial charge in [0.25, 0.3) is 0 Å². The number of carbonyl (C=O) groups excluding carboxylic acids is 1. The number of pyridine rings is 1. The van der Waals surface area contributed by atoms with E-state index in [9.17, 15) is 4.79 Å². The highest BCUT2D eigenvalue weighted by Gasteiger charge is 2.26. The summed E-state index contributed by atoms with van der Waals surface area (Å²) in [6.45, 7) is 3.12. The Bertz CT molecular complexity index is 626. The smallest absolute Gasteiger partial charge is 0.217 e. The van der Waals surface area contributed by atoms with Crippen LogP contribution >= 0.6 is 11.6 Å². The number of rotatable bonds is 2. The van der Waals surface area contributed by atoms with Crippen molar-refractivity contribution in [2.24, 2.45) is 0 Å². The molecule has 0 aliphatic carbocycles. The molecule has 100 valence electrons. The van der Waals surface area contributed by atoms with Crippen LogP contribution in [0.3, 0.4) is 0 Å². The molecule has 7 heteroatoms. The zero-order chi connectivity index (χ0) is 13.4. The molecule has 2 aromatic heterocycles. The summed E-state index contributed by atoms with van der Waals surface area (Å²) < 4.78 is 0. The predicted molar refractivity (Wildman–Crippen MR) is 73.3 cm³/mol. The Morgan fingerprint density at radius 3 is 3.26 bits per heavy atom. The molecule has 2 N–H and O–H groups in total. The molecule has 0 unspecified atom stereocenters. The first-order chi connectivity index (χ1) is 9.15. The van der Waals surface area contributed by atoms with Gasteiger partial charge in [-0.25, -0.2) is 4.98 Å². The fraction of sp³-hybridized carbons (Fsp3) is 0.417. The van der Waals surface area contributed by atoms with Crippen molar-refractivity contribution in [1.82, 2.24) is 20.5 Å². The maximum Gasteiger partial charge on any atom is 0.217 e. The fourth-order valence-electron chi connectivity index (χ4n) is 2.48. The second kappa shape index (κ2) is 4.70. The number of hydrogen-bond acceptors (Lipinski definition) is 4. The highest BCUT2D eigenvalue weighted by molar-refractivity contribution is 6.36. The molecule has 6 nitrogen and oxygen atoms in total. The largest absolute Gasteiger partial charge is 0.352 e. The highest BCUT2D eigenvalue weighted by atomic mass is 35.5. The van der Waals surface area contributed by atoms with E-state index in [1.807, 2.05) is 0 Å². The maximum atomic E-state index is 11.1. The van der Waals surface area contributed by atoms with E-state index in [0.29, 0.717) is 10.7 Å². The number of carbonyl (C=O) groups is 1. The number of nitrogens with one attached hydrogen (secondary N) is 2. The summed E-state index contributed by atoms with van der Waals surface area (Å²) in [5.41, 5.74) is 0.686.